The summed E-state index contributed by atoms with van der Waals surface area (Å²) in [7, 11) is 3.25. The maximum Gasteiger partial charge on any atom is 0.410 e. The Bertz CT molecular complexity index is 622. The number of hydrogen-bond acceptors (Lipinski definition) is 7. The number of methoxy groups -OCH3 is 1. The van der Waals surface area contributed by atoms with Gasteiger partial charge in [0, 0.05) is 33.9 Å². The Morgan fingerprint density at radius 3 is 2.67 bits per heavy atom. The molecule has 1 atom stereocenters. The van der Waals surface area contributed by atoms with Crippen molar-refractivity contribution in [2.45, 2.75) is 32.4 Å². The van der Waals surface area contributed by atoms with Crippen LogP contribution in [0.4, 0.5) is 4.79 Å². The molecule has 1 aromatic rings. The molecule has 0 bridgehead atoms. The molecule has 1 aromatic heterocycles. The van der Waals surface area contributed by atoms with Gasteiger partial charge in [0.1, 0.15) is 17.9 Å². The summed E-state index contributed by atoms with van der Waals surface area (Å²) < 4.78 is 16.0. The first kappa shape index (κ1) is 23.3. The first-order valence-electron chi connectivity index (χ1n) is 8.56. The molecule has 1 aliphatic rings. The van der Waals surface area contributed by atoms with Crippen molar-refractivity contribution in [3.8, 4) is 5.88 Å². The van der Waals surface area contributed by atoms with Gasteiger partial charge in [0.2, 0.25) is 5.88 Å². The van der Waals surface area contributed by atoms with E-state index < -0.39 is 5.60 Å². The summed E-state index contributed by atoms with van der Waals surface area (Å²) in [5.41, 5.74) is -0.210. The molecule has 1 fully saturated rings. The Hall–Kier alpha value is -1.71. The quantitative estimate of drug-likeness (QED) is 0.711. The molecule has 1 saturated heterocycles. The Morgan fingerprint density at radius 1 is 1.41 bits per heavy atom. The third-order valence-electron chi connectivity index (χ3n) is 3.28. The molecule has 1 aliphatic heterocycles. The summed E-state index contributed by atoms with van der Waals surface area (Å²) in [6, 6.07) is 3.28. The number of nitrogens with one attached hydrogen (secondary N) is 1. The molecule has 0 aromatic carbocycles. The highest BCUT2D eigenvalue weighted by molar-refractivity contribution is 9.10. The first-order chi connectivity index (χ1) is 12.7. The zero-order valence-electron chi connectivity index (χ0n) is 16.5. The smallest absolute Gasteiger partial charge is 0.410 e. The molecular weight excluding hydrogens is 418 g/mol. The summed E-state index contributed by atoms with van der Waals surface area (Å²) in [4.78, 5) is 28.7. The molecule has 2 heterocycles. The van der Waals surface area contributed by atoms with E-state index in [1.807, 2.05) is 20.8 Å². The minimum Gasteiger partial charge on any atom is -0.475 e. The van der Waals surface area contributed by atoms with E-state index in [1.165, 1.54) is 0 Å². The van der Waals surface area contributed by atoms with Crippen molar-refractivity contribution in [3.63, 3.8) is 0 Å². The van der Waals surface area contributed by atoms with E-state index in [-0.39, 0.29) is 12.1 Å². The first-order valence-corrected chi connectivity index (χ1v) is 9.35. The van der Waals surface area contributed by atoms with E-state index in [1.54, 1.807) is 31.3 Å². The van der Waals surface area contributed by atoms with Crippen molar-refractivity contribution in [2.75, 3.05) is 40.5 Å². The number of pyridine rings is 1. The maximum absolute atomic E-state index is 12.1. The van der Waals surface area contributed by atoms with Crippen LogP contribution in [0.5, 0.6) is 5.88 Å². The van der Waals surface area contributed by atoms with E-state index >= 15 is 0 Å². The fourth-order valence-electron chi connectivity index (χ4n) is 2.21. The van der Waals surface area contributed by atoms with Crippen LogP contribution in [-0.2, 0) is 9.47 Å². The molecule has 1 N–H and O–H groups in total. The zero-order valence-corrected chi connectivity index (χ0v) is 18.0. The predicted molar refractivity (Wildman–Crippen MR) is 105 cm³/mol. The van der Waals surface area contributed by atoms with Crippen molar-refractivity contribution in [2.24, 2.45) is 0 Å². The lowest BCUT2D eigenvalue weighted by atomic mass is 10.2. The van der Waals surface area contributed by atoms with Crippen LogP contribution in [0.25, 0.3) is 0 Å². The second-order valence-electron chi connectivity index (χ2n) is 6.94. The van der Waals surface area contributed by atoms with Gasteiger partial charge in [-0.2, -0.15) is 0 Å². The second kappa shape index (κ2) is 11.2. The van der Waals surface area contributed by atoms with Gasteiger partial charge in [-0.15, -0.1) is 0 Å². The van der Waals surface area contributed by atoms with Crippen molar-refractivity contribution < 1.29 is 23.8 Å². The van der Waals surface area contributed by atoms with Gasteiger partial charge in [0.25, 0.3) is 0 Å². The Balaban J connectivity index is 0.00000114. The lowest BCUT2D eigenvalue weighted by Crippen LogP contribution is -2.55. The fraction of sp³-hybridized carbons (Fsp3) is 0.611. The highest BCUT2D eigenvalue weighted by Crippen LogP contribution is 2.22. The summed E-state index contributed by atoms with van der Waals surface area (Å²) in [5, 5.41) is 3.30. The molecule has 0 aliphatic carbocycles. The molecule has 0 radical (unpaired) electrons. The normalized spacial score (nSPS) is 16.8. The third kappa shape index (κ3) is 8.68. The van der Waals surface area contributed by atoms with Gasteiger partial charge in [-0.05, 0) is 48.8 Å². The number of amides is 1. The maximum atomic E-state index is 12.1. The third-order valence-corrected chi connectivity index (χ3v) is 3.89. The van der Waals surface area contributed by atoms with Gasteiger partial charge in [0.05, 0.1) is 10.5 Å². The van der Waals surface area contributed by atoms with E-state index in [0.717, 1.165) is 0 Å². The number of aromatic nitrogens is 1. The average Bonchev–Trinajstić information content (AvgIpc) is 2.60. The van der Waals surface area contributed by atoms with Gasteiger partial charge in [-0.25, -0.2) is 9.78 Å². The summed E-state index contributed by atoms with van der Waals surface area (Å²) in [6.45, 7) is 7.60. The average molecular weight is 446 g/mol. The van der Waals surface area contributed by atoms with E-state index in [0.29, 0.717) is 48.6 Å². The topological polar surface area (TPSA) is 90.0 Å². The van der Waals surface area contributed by atoms with Crippen LogP contribution < -0.4 is 10.1 Å². The van der Waals surface area contributed by atoms with E-state index in [4.69, 9.17) is 9.47 Å². The van der Waals surface area contributed by atoms with E-state index in [2.05, 4.69) is 31.0 Å². The number of carbonyl (C=O) groups excluding carboxylic acids is 2. The predicted octanol–water partition coefficient (Wildman–Crippen LogP) is 2.51. The highest BCUT2D eigenvalue weighted by atomic mass is 79.9. The van der Waals surface area contributed by atoms with Gasteiger partial charge in [0.15, 0.2) is 6.29 Å². The number of piperazine rings is 1. The second-order valence-corrected chi connectivity index (χ2v) is 7.79. The lowest BCUT2D eigenvalue weighted by Gasteiger charge is -2.34. The molecule has 2 rings (SSSR count). The van der Waals surface area contributed by atoms with Crippen LogP contribution in [0.1, 0.15) is 31.3 Å². The standard InChI is InChI=1S/C16H22BrN3O4.C2H6O/c1-16(2,3)24-15(22)20-7-6-18-12(8-20)10-23-14-13(17)5-4-11(9-21)19-14;1-3-2/h4-5,9,12,18H,6-8,10H2,1-3H3;1-2H3. The number of ether oxygens (including phenoxy) is 3. The minimum atomic E-state index is -0.516. The molecule has 8 nitrogen and oxygen atoms in total. The molecule has 1 amide bonds. The number of rotatable bonds is 4. The van der Waals surface area contributed by atoms with Crippen molar-refractivity contribution in [1.29, 1.82) is 0 Å². The summed E-state index contributed by atoms with van der Waals surface area (Å²) >= 11 is 3.34. The molecule has 0 spiro atoms. The number of carbonyl (C=O) groups is 2. The van der Waals surface area contributed by atoms with Crippen LogP contribution in [0.3, 0.4) is 0 Å². The van der Waals surface area contributed by atoms with Crippen LogP contribution in [0, 0.1) is 0 Å². The molecule has 1 unspecified atom stereocenters. The molecule has 27 heavy (non-hydrogen) atoms. The van der Waals surface area contributed by atoms with Gasteiger partial charge < -0.3 is 24.4 Å². The van der Waals surface area contributed by atoms with Crippen LogP contribution >= 0.6 is 15.9 Å². The SMILES string of the molecule is CC(C)(C)OC(=O)N1CCNC(COc2nc(C=O)ccc2Br)C1.COC. The monoisotopic (exact) mass is 445 g/mol. The number of halogens is 1. The largest absolute Gasteiger partial charge is 0.475 e. The zero-order chi connectivity index (χ0) is 20.4. The molecule has 9 heteroatoms. The lowest BCUT2D eigenvalue weighted by molar-refractivity contribution is 0.0177. The van der Waals surface area contributed by atoms with E-state index in [9.17, 15) is 9.59 Å². The number of aldehydes is 1. The van der Waals surface area contributed by atoms with Crippen molar-refractivity contribution in [3.05, 3.63) is 22.3 Å². The Labute approximate surface area is 168 Å². The number of nitrogens with zero attached hydrogens (tertiary/aromatic N) is 2. The molecular formula is C18H28BrN3O5. The molecule has 152 valence electrons. The summed E-state index contributed by atoms with van der Waals surface area (Å²) in [6.07, 6.45) is 0.346. The fourth-order valence-corrected chi connectivity index (χ4v) is 2.55. The van der Waals surface area contributed by atoms with Crippen LogP contribution in [0.2, 0.25) is 0 Å². The molecule has 0 saturated carbocycles. The van der Waals surface area contributed by atoms with Gasteiger partial charge in [-0.1, -0.05) is 0 Å². The Kier molecular flexibility index (Phi) is 9.68. The van der Waals surface area contributed by atoms with Gasteiger partial charge in [-0.3, -0.25) is 4.79 Å². The van der Waals surface area contributed by atoms with Crippen LogP contribution in [0.15, 0.2) is 16.6 Å². The summed E-state index contributed by atoms with van der Waals surface area (Å²) in [5.74, 6) is 0.357. The Morgan fingerprint density at radius 2 is 2.07 bits per heavy atom. The van der Waals surface area contributed by atoms with Crippen molar-refractivity contribution >= 4 is 28.3 Å². The van der Waals surface area contributed by atoms with Gasteiger partial charge >= 0.3 is 6.09 Å². The minimum absolute atomic E-state index is 0.0418. The number of hydrogen-bond donors (Lipinski definition) is 1. The van der Waals surface area contributed by atoms with Crippen molar-refractivity contribution in [1.82, 2.24) is 15.2 Å². The highest BCUT2D eigenvalue weighted by Gasteiger charge is 2.27. The van der Waals surface area contributed by atoms with Crippen LogP contribution in [-0.4, -0.2) is 74.4 Å².